The average molecular weight is 428 g/mol. The zero-order chi connectivity index (χ0) is 21.5. The molecule has 2 aromatic carbocycles. The number of rotatable bonds is 4. The zero-order valence-electron chi connectivity index (χ0n) is 16.4. The van der Waals surface area contributed by atoms with E-state index < -0.39 is 17.8 Å². The Morgan fingerprint density at radius 2 is 1.45 bits per heavy atom. The van der Waals surface area contributed by atoms with Crippen LogP contribution in [0.25, 0.3) is 16.8 Å². The summed E-state index contributed by atoms with van der Waals surface area (Å²) in [6, 6.07) is 18.1. The van der Waals surface area contributed by atoms with Gasteiger partial charge in [0, 0.05) is 23.3 Å². The van der Waals surface area contributed by atoms with Crippen LogP contribution >= 0.6 is 11.3 Å². The van der Waals surface area contributed by atoms with E-state index in [0.717, 1.165) is 16.7 Å². The van der Waals surface area contributed by atoms with Crippen molar-refractivity contribution in [1.82, 2.24) is 9.63 Å². The van der Waals surface area contributed by atoms with Crippen LogP contribution in [-0.2, 0) is 4.84 Å². The standard InChI is InChI=1S/C24H16N2O4S/c1-15-8-10-16(11-9-15)19-14-31-21(20(19)25-12-4-5-13-25)24(29)30-26-22(27)17-6-2-3-7-18(17)23(26)28/h2-14H,1H3. The first-order valence-corrected chi connectivity index (χ1v) is 10.4. The molecule has 0 atom stereocenters. The van der Waals surface area contributed by atoms with Gasteiger partial charge in [-0.15, -0.1) is 11.3 Å². The summed E-state index contributed by atoms with van der Waals surface area (Å²) in [5.41, 5.74) is 4.02. The van der Waals surface area contributed by atoms with E-state index in [0.29, 0.717) is 15.6 Å². The number of imide groups is 1. The van der Waals surface area contributed by atoms with E-state index in [9.17, 15) is 14.4 Å². The molecule has 1 aliphatic heterocycles. The van der Waals surface area contributed by atoms with Gasteiger partial charge in [-0.3, -0.25) is 9.59 Å². The van der Waals surface area contributed by atoms with Crippen LogP contribution in [0.5, 0.6) is 0 Å². The Morgan fingerprint density at radius 3 is 2.06 bits per heavy atom. The Kier molecular flexibility index (Phi) is 4.52. The van der Waals surface area contributed by atoms with Crippen molar-refractivity contribution < 1.29 is 19.2 Å². The van der Waals surface area contributed by atoms with E-state index in [1.807, 2.05) is 65.7 Å². The number of hydrogen-bond acceptors (Lipinski definition) is 5. The molecule has 0 saturated heterocycles. The van der Waals surface area contributed by atoms with Gasteiger partial charge in [0.25, 0.3) is 11.8 Å². The van der Waals surface area contributed by atoms with Crippen LogP contribution in [0.15, 0.2) is 78.4 Å². The first kappa shape index (κ1) is 19.0. The van der Waals surface area contributed by atoms with E-state index in [1.165, 1.54) is 23.5 Å². The number of hydrogen-bond donors (Lipinski definition) is 0. The summed E-state index contributed by atoms with van der Waals surface area (Å²) in [4.78, 5) is 43.8. The molecular weight excluding hydrogens is 412 g/mol. The summed E-state index contributed by atoms with van der Waals surface area (Å²) in [6.07, 6.45) is 3.66. The Balaban J connectivity index is 1.52. The summed E-state index contributed by atoms with van der Waals surface area (Å²) >= 11 is 1.21. The Morgan fingerprint density at radius 1 is 0.839 bits per heavy atom. The Labute approximate surface area is 181 Å². The van der Waals surface area contributed by atoms with E-state index in [2.05, 4.69) is 0 Å². The maximum Gasteiger partial charge on any atom is 0.375 e. The third-order valence-corrected chi connectivity index (χ3v) is 6.06. The topological polar surface area (TPSA) is 68.6 Å². The normalized spacial score (nSPS) is 12.9. The van der Waals surface area contributed by atoms with Crippen LogP contribution in [0.1, 0.15) is 36.0 Å². The van der Waals surface area contributed by atoms with Crippen LogP contribution in [0.4, 0.5) is 0 Å². The molecule has 5 rings (SSSR count). The fourth-order valence-electron chi connectivity index (χ4n) is 3.55. The molecule has 152 valence electrons. The lowest BCUT2D eigenvalue weighted by molar-refractivity contribution is -0.0581. The van der Waals surface area contributed by atoms with Crippen molar-refractivity contribution in [1.29, 1.82) is 0 Å². The predicted octanol–water partition coefficient (Wildman–Crippen LogP) is 4.88. The highest BCUT2D eigenvalue weighted by Gasteiger charge is 2.39. The van der Waals surface area contributed by atoms with E-state index in [4.69, 9.17) is 4.84 Å². The van der Waals surface area contributed by atoms with Crippen molar-refractivity contribution in [3.05, 3.63) is 100 Å². The number of nitrogens with zero attached hydrogens (tertiary/aromatic N) is 2. The van der Waals surface area contributed by atoms with Crippen molar-refractivity contribution in [3.63, 3.8) is 0 Å². The number of thiophene rings is 1. The summed E-state index contributed by atoms with van der Waals surface area (Å²) < 4.78 is 1.82. The van der Waals surface area contributed by atoms with Crippen molar-refractivity contribution in [2.45, 2.75) is 6.92 Å². The second kappa shape index (κ2) is 7.37. The van der Waals surface area contributed by atoms with Crippen molar-refractivity contribution in [2.75, 3.05) is 0 Å². The minimum absolute atomic E-state index is 0.220. The van der Waals surface area contributed by atoms with Gasteiger partial charge in [-0.1, -0.05) is 47.0 Å². The minimum Gasteiger partial charge on any atom is -0.323 e. The molecule has 2 amide bonds. The number of amides is 2. The number of carbonyl (C=O) groups excluding carboxylic acids is 3. The van der Waals surface area contributed by atoms with Crippen molar-refractivity contribution in [3.8, 4) is 16.8 Å². The van der Waals surface area contributed by atoms with Gasteiger partial charge in [-0.2, -0.15) is 0 Å². The summed E-state index contributed by atoms with van der Waals surface area (Å²) in [5, 5.41) is 2.41. The summed E-state index contributed by atoms with van der Waals surface area (Å²) in [7, 11) is 0. The molecule has 7 heteroatoms. The molecule has 0 spiro atoms. The quantitative estimate of drug-likeness (QED) is 0.435. The molecule has 3 heterocycles. The van der Waals surface area contributed by atoms with Gasteiger partial charge in [0.1, 0.15) is 4.88 Å². The second-order valence-electron chi connectivity index (χ2n) is 7.11. The number of aryl methyl sites for hydroxylation is 1. The highest BCUT2D eigenvalue weighted by molar-refractivity contribution is 7.13. The molecule has 0 fully saturated rings. The lowest BCUT2D eigenvalue weighted by atomic mass is 10.1. The molecule has 4 aromatic rings. The largest absolute Gasteiger partial charge is 0.375 e. The third-order valence-electron chi connectivity index (χ3n) is 5.11. The maximum atomic E-state index is 13.1. The lowest BCUT2D eigenvalue weighted by Crippen LogP contribution is -2.32. The van der Waals surface area contributed by atoms with Crippen LogP contribution < -0.4 is 0 Å². The molecule has 0 saturated carbocycles. The maximum absolute atomic E-state index is 13.1. The molecular formula is C24H16N2O4S. The van der Waals surface area contributed by atoms with Crippen molar-refractivity contribution >= 4 is 29.1 Å². The molecule has 31 heavy (non-hydrogen) atoms. The third kappa shape index (κ3) is 3.15. The molecule has 0 N–H and O–H groups in total. The lowest BCUT2D eigenvalue weighted by Gasteiger charge is -2.14. The fraction of sp³-hybridized carbons (Fsp3) is 0.0417. The first-order chi connectivity index (χ1) is 15.0. The molecule has 2 aromatic heterocycles. The van der Waals surface area contributed by atoms with E-state index >= 15 is 0 Å². The van der Waals surface area contributed by atoms with Crippen LogP contribution in [0.3, 0.4) is 0 Å². The highest BCUT2D eigenvalue weighted by atomic mass is 32.1. The number of carbonyl (C=O) groups is 3. The molecule has 0 radical (unpaired) electrons. The van der Waals surface area contributed by atoms with Crippen LogP contribution in [0, 0.1) is 6.92 Å². The first-order valence-electron chi connectivity index (χ1n) is 9.56. The van der Waals surface area contributed by atoms with E-state index in [-0.39, 0.29) is 11.1 Å². The Bertz CT molecular complexity index is 1290. The van der Waals surface area contributed by atoms with Gasteiger partial charge in [0.2, 0.25) is 0 Å². The number of aromatic nitrogens is 1. The predicted molar refractivity (Wildman–Crippen MR) is 116 cm³/mol. The highest BCUT2D eigenvalue weighted by Crippen LogP contribution is 2.36. The minimum atomic E-state index is -0.762. The molecule has 0 unspecified atom stereocenters. The molecule has 0 aliphatic carbocycles. The van der Waals surface area contributed by atoms with Gasteiger partial charge in [-0.25, -0.2) is 4.79 Å². The van der Waals surface area contributed by atoms with Crippen molar-refractivity contribution in [2.24, 2.45) is 0 Å². The van der Waals surface area contributed by atoms with Gasteiger partial charge in [-0.05, 0) is 36.8 Å². The van der Waals surface area contributed by atoms with Crippen LogP contribution in [-0.4, -0.2) is 27.4 Å². The molecule has 1 aliphatic rings. The number of fused-ring (bicyclic) bond motifs is 1. The zero-order valence-corrected chi connectivity index (χ0v) is 17.3. The average Bonchev–Trinajstić information content (AvgIpc) is 3.50. The second-order valence-corrected chi connectivity index (χ2v) is 7.99. The van der Waals surface area contributed by atoms with Gasteiger partial charge in [0.05, 0.1) is 16.8 Å². The van der Waals surface area contributed by atoms with E-state index in [1.54, 1.807) is 12.1 Å². The SMILES string of the molecule is Cc1ccc(-c2csc(C(=O)ON3C(=O)c4ccccc4C3=O)c2-n2cccc2)cc1. The number of benzene rings is 2. The van der Waals surface area contributed by atoms with Gasteiger partial charge in [0.15, 0.2) is 0 Å². The Hall–Kier alpha value is -3.97. The summed E-state index contributed by atoms with van der Waals surface area (Å²) in [6.45, 7) is 2.01. The molecule has 0 bridgehead atoms. The molecule has 6 nitrogen and oxygen atoms in total. The smallest absolute Gasteiger partial charge is 0.323 e. The van der Waals surface area contributed by atoms with Gasteiger partial charge < -0.3 is 9.40 Å². The summed E-state index contributed by atoms with van der Waals surface area (Å²) in [5.74, 6) is -2.06. The fourth-order valence-corrected chi connectivity index (χ4v) is 4.49. The van der Waals surface area contributed by atoms with Crippen LogP contribution in [0.2, 0.25) is 0 Å². The monoisotopic (exact) mass is 428 g/mol. The number of hydroxylamine groups is 2. The van der Waals surface area contributed by atoms with Gasteiger partial charge >= 0.3 is 5.97 Å².